The average Bonchev–Trinajstić information content (AvgIpc) is 2.99. The summed E-state index contributed by atoms with van der Waals surface area (Å²) in [5.41, 5.74) is 1.18. The third-order valence-corrected chi connectivity index (χ3v) is 8.75. The topological polar surface area (TPSA) is 107 Å². The molecule has 8 heteroatoms. The second kappa shape index (κ2) is 15.3. The fourth-order valence-corrected chi connectivity index (χ4v) is 6.55. The highest BCUT2D eigenvalue weighted by molar-refractivity contribution is 5.87. The number of benzene rings is 2. The zero-order valence-corrected chi connectivity index (χ0v) is 24.1. The maximum absolute atomic E-state index is 14.0. The van der Waals surface area contributed by atoms with E-state index in [1.165, 1.54) is 12.5 Å². The minimum absolute atomic E-state index is 0.0623. The molecule has 2 aliphatic carbocycles. The molecule has 2 aromatic carbocycles. The molecular formula is C34H40FN3O4. The minimum Gasteiger partial charge on any atom is -0.508 e. The first-order chi connectivity index (χ1) is 20.4. The van der Waals surface area contributed by atoms with E-state index in [4.69, 9.17) is 0 Å². The van der Waals surface area contributed by atoms with Crippen LogP contribution in [0.25, 0.3) is 6.08 Å². The van der Waals surface area contributed by atoms with Gasteiger partial charge in [-0.15, -0.1) is 0 Å². The van der Waals surface area contributed by atoms with Crippen molar-refractivity contribution in [1.82, 2.24) is 4.90 Å². The van der Waals surface area contributed by atoms with Crippen LogP contribution in [0.1, 0.15) is 81.8 Å². The molecule has 2 aliphatic rings. The van der Waals surface area contributed by atoms with Crippen molar-refractivity contribution in [3.63, 3.8) is 0 Å². The first-order valence-corrected chi connectivity index (χ1v) is 15.2. The molecule has 7 nitrogen and oxygen atoms in total. The molecule has 42 heavy (non-hydrogen) atoms. The number of carbonyl (C=O) groups excluding carboxylic acids is 1. The van der Waals surface area contributed by atoms with Crippen LogP contribution in [0.15, 0.2) is 60.2 Å². The van der Waals surface area contributed by atoms with Gasteiger partial charge in [0, 0.05) is 30.1 Å². The molecule has 0 bridgehead atoms. The van der Waals surface area contributed by atoms with Gasteiger partial charge in [-0.2, -0.15) is 5.26 Å². The Hall–Kier alpha value is -3.99. The molecule has 4 rings (SSSR count). The molecule has 0 radical (unpaired) electrons. The van der Waals surface area contributed by atoms with E-state index >= 15 is 0 Å². The SMILES string of the molecule is N#CC(=Cc1cc(F)ccc1[N+](=O)[O-])C(CC=CC(=O)N(CCc1cccc(O)c1)C1CCCCC1)C1CCCCC1. The van der Waals surface area contributed by atoms with Crippen LogP contribution in [0.2, 0.25) is 0 Å². The Morgan fingerprint density at radius 1 is 1.10 bits per heavy atom. The molecule has 1 N–H and O–H groups in total. The van der Waals surface area contributed by atoms with Gasteiger partial charge in [-0.1, -0.05) is 56.7 Å². The van der Waals surface area contributed by atoms with E-state index in [1.807, 2.05) is 23.1 Å². The molecule has 222 valence electrons. The van der Waals surface area contributed by atoms with Gasteiger partial charge in [0.05, 0.1) is 16.6 Å². The second-order valence-electron chi connectivity index (χ2n) is 11.6. The molecule has 1 unspecified atom stereocenters. The van der Waals surface area contributed by atoms with Crippen LogP contribution in [-0.2, 0) is 11.2 Å². The predicted octanol–water partition coefficient (Wildman–Crippen LogP) is 7.89. The maximum Gasteiger partial charge on any atom is 0.276 e. The Balaban J connectivity index is 1.55. The Morgan fingerprint density at radius 2 is 1.81 bits per heavy atom. The third-order valence-electron chi connectivity index (χ3n) is 8.75. The molecule has 1 amide bonds. The van der Waals surface area contributed by atoms with Gasteiger partial charge in [-0.05, 0) is 86.4 Å². The summed E-state index contributed by atoms with van der Waals surface area (Å²) in [6.45, 7) is 0.552. The number of amides is 1. The molecule has 2 fully saturated rings. The van der Waals surface area contributed by atoms with Gasteiger partial charge >= 0.3 is 0 Å². The highest BCUT2D eigenvalue weighted by atomic mass is 19.1. The Kier molecular flexibility index (Phi) is 11.3. The van der Waals surface area contributed by atoms with Crippen LogP contribution < -0.4 is 0 Å². The molecule has 2 saturated carbocycles. The lowest BCUT2D eigenvalue weighted by atomic mass is 9.75. The standard InChI is InChI=1S/C34H40FN3O4/c35-29-17-18-33(38(41)42)27(23-29)22-28(24-36)32(26-10-3-1-4-11-26)15-8-16-34(40)37(30-12-5-2-6-13-30)20-19-25-9-7-14-31(39)21-25/h7-9,14,16-18,21-23,26,30,32,39H,1-6,10-13,15,19-20H2. The largest absolute Gasteiger partial charge is 0.508 e. The fourth-order valence-electron chi connectivity index (χ4n) is 6.55. The van der Waals surface area contributed by atoms with Gasteiger partial charge in [0.25, 0.3) is 5.69 Å². The average molecular weight is 574 g/mol. The summed E-state index contributed by atoms with van der Waals surface area (Å²) in [6.07, 6.45) is 16.4. The first kappa shape index (κ1) is 31.0. The van der Waals surface area contributed by atoms with Crippen molar-refractivity contribution < 1.29 is 19.2 Å². The van der Waals surface area contributed by atoms with Crippen molar-refractivity contribution in [1.29, 1.82) is 5.26 Å². The number of allylic oxidation sites excluding steroid dienone is 2. The molecule has 0 spiro atoms. The lowest BCUT2D eigenvalue weighted by molar-refractivity contribution is -0.385. The number of carbonyl (C=O) groups is 1. The normalized spacial score (nSPS) is 17.6. The molecule has 0 heterocycles. The number of hydrogen-bond acceptors (Lipinski definition) is 5. The number of aromatic hydroxyl groups is 1. The molecule has 0 aromatic heterocycles. The highest BCUT2D eigenvalue weighted by Gasteiger charge is 2.28. The van der Waals surface area contributed by atoms with Crippen molar-refractivity contribution in [2.75, 3.05) is 6.54 Å². The van der Waals surface area contributed by atoms with Gasteiger partial charge < -0.3 is 10.0 Å². The van der Waals surface area contributed by atoms with Crippen molar-refractivity contribution in [2.24, 2.45) is 11.8 Å². The summed E-state index contributed by atoms with van der Waals surface area (Å²) in [5, 5.41) is 31.6. The van der Waals surface area contributed by atoms with Crippen LogP contribution in [-0.4, -0.2) is 33.4 Å². The fraction of sp³-hybridized carbons (Fsp3) is 0.471. The first-order valence-electron chi connectivity index (χ1n) is 15.2. The molecule has 1 atom stereocenters. The number of nitro groups is 1. The molecule has 0 aliphatic heterocycles. The number of halogens is 1. The number of nitrogens with zero attached hydrogens (tertiary/aromatic N) is 3. The lowest BCUT2D eigenvalue weighted by Crippen LogP contribution is -2.41. The van der Waals surface area contributed by atoms with Gasteiger partial charge in [0.15, 0.2) is 0 Å². The van der Waals surface area contributed by atoms with Crippen LogP contribution in [0, 0.1) is 39.1 Å². The Bertz CT molecular complexity index is 1340. The predicted molar refractivity (Wildman–Crippen MR) is 161 cm³/mol. The quantitative estimate of drug-likeness (QED) is 0.127. The van der Waals surface area contributed by atoms with Gasteiger partial charge in [0.1, 0.15) is 11.6 Å². The van der Waals surface area contributed by atoms with E-state index < -0.39 is 10.7 Å². The number of phenolic OH excluding ortho intramolecular Hbond substituents is 1. The number of phenols is 1. The number of nitriles is 1. The highest BCUT2D eigenvalue weighted by Crippen LogP contribution is 2.37. The summed E-state index contributed by atoms with van der Waals surface area (Å²) < 4.78 is 14.0. The van der Waals surface area contributed by atoms with Crippen molar-refractivity contribution in [2.45, 2.75) is 83.1 Å². The van der Waals surface area contributed by atoms with E-state index in [2.05, 4.69) is 6.07 Å². The molecule has 0 saturated heterocycles. The maximum atomic E-state index is 14.0. The van der Waals surface area contributed by atoms with Crippen molar-refractivity contribution in [3.8, 4) is 11.8 Å². The van der Waals surface area contributed by atoms with E-state index in [-0.39, 0.29) is 40.8 Å². The van der Waals surface area contributed by atoms with Gasteiger partial charge in [-0.25, -0.2) is 4.39 Å². The van der Waals surface area contributed by atoms with Gasteiger partial charge in [-0.3, -0.25) is 14.9 Å². The van der Waals surface area contributed by atoms with E-state index in [9.17, 15) is 29.7 Å². The monoisotopic (exact) mass is 573 g/mol. The molecular weight excluding hydrogens is 533 g/mol. The summed E-state index contributed by atoms with van der Waals surface area (Å²) in [7, 11) is 0. The van der Waals surface area contributed by atoms with Crippen molar-refractivity contribution in [3.05, 3.63) is 87.2 Å². The van der Waals surface area contributed by atoms with E-state index in [1.54, 1.807) is 18.2 Å². The van der Waals surface area contributed by atoms with Crippen LogP contribution in [0.4, 0.5) is 10.1 Å². The van der Waals surface area contributed by atoms with E-state index in [0.29, 0.717) is 25.0 Å². The van der Waals surface area contributed by atoms with Crippen molar-refractivity contribution >= 4 is 17.7 Å². The summed E-state index contributed by atoms with van der Waals surface area (Å²) in [5.74, 6) is -0.471. The summed E-state index contributed by atoms with van der Waals surface area (Å²) >= 11 is 0. The van der Waals surface area contributed by atoms with Crippen LogP contribution >= 0.6 is 0 Å². The zero-order valence-electron chi connectivity index (χ0n) is 24.1. The number of rotatable bonds is 11. The summed E-state index contributed by atoms with van der Waals surface area (Å²) in [4.78, 5) is 26.5. The summed E-state index contributed by atoms with van der Waals surface area (Å²) in [6, 6.07) is 12.8. The number of hydrogen-bond donors (Lipinski definition) is 1. The van der Waals surface area contributed by atoms with Crippen LogP contribution in [0.5, 0.6) is 5.75 Å². The number of nitro benzene ring substituents is 1. The van der Waals surface area contributed by atoms with Gasteiger partial charge in [0.2, 0.25) is 5.91 Å². The molecule has 2 aromatic rings. The second-order valence-corrected chi connectivity index (χ2v) is 11.6. The Labute approximate surface area is 247 Å². The van der Waals surface area contributed by atoms with E-state index in [0.717, 1.165) is 81.5 Å². The zero-order chi connectivity index (χ0) is 29.9. The lowest BCUT2D eigenvalue weighted by Gasteiger charge is -2.34. The minimum atomic E-state index is -0.600. The Morgan fingerprint density at radius 3 is 2.48 bits per heavy atom. The van der Waals surface area contributed by atoms with Crippen LogP contribution in [0.3, 0.4) is 0 Å². The third kappa shape index (κ3) is 8.51. The smallest absolute Gasteiger partial charge is 0.276 e.